The van der Waals surface area contributed by atoms with Crippen LogP contribution in [0, 0.1) is 0 Å². The molecule has 1 unspecified atom stereocenters. The van der Waals surface area contributed by atoms with Crippen LogP contribution in [0.3, 0.4) is 0 Å². The van der Waals surface area contributed by atoms with Crippen LogP contribution in [-0.4, -0.2) is 53.5 Å². The number of aromatic nitrogens is 1. The molecule has 34 heavy (non-hydrogen) atoms. The van der Waals surface area contributed by atoms with Gasteiger partial charge in [0, 0.05) is 36.0 Å². The Balaban J connectivity index is 1.27. The summed E-state index contributed by atoms with van der Waals surface area (Å²) >= 11 is 0. The Morgan fingerprint density at radius 3 is 2.65 bits per heavy atom. The molecule has 7 heteroatoms. The number of amides is 1. The number of hydrogen-bond donors (Lipinski definition) is 1. The molecule has 4 rings (SSSR count). The number of pyridine rings is 1. The lowest BCUT2D eigenvalue weighted by Crippen LogP contribution is -2.45. The highest BCUT2D eigenvalue weighted by molar-refractivity contribution is 5.79. The van der Waals surface area contributed by atoms with Crippen LogP contribution in [0.5, 0.6) is 5.75 Å². The normalized spacial score (nSPS) is 20.8. The van der Waals surface area contributed by atoms with Crippen LogP contribution >= 0.6 is 0 Å². The molecular weight excluding hydrogens is 432 g/mol. The molecule has 1 saturated heterocycles. The first kappa shape index (κ1) is 24.7. The maximum atomic E-state index is 13.3. The van der Waals surface area contributed by atoms with Crippen molar-refractivity contribution < 1.29 is 19.0 Å². The highest BCUT2D eigenvalue weighted by Crippen LogP contribution is 2.27. The molecule has 1 aromatic heterocycles. The van der Waals surface area contributed by atoms with Crippen molar-refractivity contribution in [3.63, 3.8) is 0 Å². The number of ether oxygens (including phenoxy) is 3. The number of fused-ring (bicyclic) bond motifs is 1. The molecule has 2 heterocycles. The van der Waals surface area contributed by atoms with Crippen molar-refractivity contribution in [2.45, 2.75) is 89.6 Å². The van der Waals surface area contributed by atoms with Crippen LogP contribution in [0.2, 0.25) is 0 Å². The summed E-state index contributed by atoms with van der Waals surface area (Å²) in [7, 11) is 0. The van der Waals surface area contributed by atoms with Gasteiger partial charge in [0.15, 0.2) is 5.79 Å². The van der Waals surface area contributed by atoms with Gasteiger partial charge < -0.3 is 24.1 Å². The third-order valence-corrected chi connectivity index (χ3v) is 6.80. The quantitative estimate of drug-likeness (QED) is 0.421. The average Bonchev–Trinajstić information content (AvgIpc) is 2.99. The van der Waals surface area contributed by atoms with E-state index in [0.717, 1.165) is 42.3 Å². The SMILES string of the molecule is CC1(C)OCC(CN(C(=O)CCCCOc2ccc3[nH]c(=O)ccc3c2)C2CCCCCC2)O1. The Hall–Kier alpha value is -2.38. The van der Waals surface area contributed by atoms with E-state index in [-0.39, 0.29) is 17.6 Å². The van der Waals surface area contributed by atoms with Gasteiger partial charge in [-0.3, -0.25) is 9.59 Å². The van der Waals surface area contributed by atoms with Crippen molar-refractivity contribution in [1.82, 2.24) is 9.88 Å². The largest absolute Gasteiger partial charge is 0.494 e. The van der Waals surface area contributed by atoms with E-state index in [2.05, 4.69) is 9.88 Å². The van der Waals surface area contributed by atoms with Crippen LogP contribution in [0.4, 0.5) is 0 Å². The van der Waals surface area contributed by atoms with Crippen molar-refractivity contribution in [2.24, 2.45) is 0 Å². The molecule has 0 radical (unpaired) electrons. The Morgan fingerprint density at radius 2 is 1.91 bits per heavy atom. The molecule has 2 fully saturated rings. The van der Waals surface area contributed by atoms with Crippen LogP contribution < -0.4 is 10.3 Å². The predicted molar refractivity (Wildman–Crippen MR) is 132 cm³/mol. The lowest BCUT2D eigenvalue weighted by atomic mass is 10.1. The van der Waals surface area contributed by atoms with Crippen molar-refractivity contribution in [2.75, 3.05) is 19.8 Å². The summed E-state index contributed by atoms with van der Waals surface area (Å²) in [5, 5.41) is 0.938. The van der Waals surface area contributed by atoms with Gasteiger partial charge in [-0.15, -0.1) is 0 Å². The summed E-state index contributed by atoms with van der Waals surface area (Å²) in [6, 6.07) is 9.26. The maximum absolute atomic E-state index is 13.3. The van der Waals surface area contributed by atoms with Crippen LogP contribution in [0.25, 0.3) is 10.9 Å². The lowest BCUT2D eigenvalue weighted by Gasteiger charge is -2.33. The summed E-state index contributed by atoms with van der Waals surface area (Å²) in [6.45, 7) is 5.57. The van der Waals surface area contributed by atoms with E-state index < -0.39 is 5.79 Å². The number of nitrogens with zero attached hydrogens (tertiary/aromatic N) is 1. The molecule has 1 N–H and O–H groups in total. The number of aromatic amines is 1. The second-order valence-electron chi connectivity index (χ2n) is 10.0. The van der Waals surface area contributed by atoms with Crippen molar-refractivity contribution >= 4 is 16.8 Å². The first-order chi connectivity index (χ1) is 16.4. The molecular formula is C27H38N2O5. The van der Waals surface area contributed by atoms with E-state index in [9.17, 15) is 9.59 Å². The molecule has 0 bridgehead atoms. The van der Waals surface area contributed by atoms with Crippen molar-refractivity contribution in [3.8, 4) is 5.75 Å². The van der Waals surface area contributed by atoms with Gasteiger partial charge in [0.25, 0.3) is 0 Å². The Morgan fingerprint density at radius 1 is 1.12 bits per heavy atom. The van der Waals surface area contributed by atoms with Gasteiger partial charge in [-0.2, -0.15) is 0 Å². The first-order valence-electron chi connectivity index (χ1n) is 12.8. The number of carbonyl (C=O) groups excluding carboxylic acids is 1. The third kappa shape index (κ3) is 6.83. The second kappa shape index (κ2) is 11.4. The molecule has 2 aromatic rings. The van der Waals surface area contributed by atoms with Crippen molar-refractivity contribution in [1.29, 1.82) is 0 Å². The molecule has 1 aliphatic carbocycles. The number of hydrogen-bond acceptors (Lipinski definition) is 5. The minimum absolute atomic E-state index is 0.0617. The molecule has 1 atom stereocenters. The summed E-state index contributed by atoms with van der Waals surface area (Å²) < 4.78 is 17.7. The number of benzene rings is 1. The van der Waals surface area contributed by atoms with Gasteiger partial charge in [-0.05, 0) is 63.8 Å². The fourth-order valence-corrected chi connectivity index (χ4v) is 5.03. The van der Waals surface area contributed by atoms with E-state index in [0.29, 0.717) is 32.2 Å². The van der Waals surface area contributed by atoms with Gasteiger partial charge in [-0.1, -0.05) is 25.7 Å². The second-order valence-corrected chi connectivity index (χ2v) is 10.0. The smallest absolute Gasteiger partial charge is 0.248 e. The Labute approximate surface area is 201 Å². The lowest BCUT2D eigenvalue weighted by molar-refractivity contribution is -0.148. The summed E-state index contributed by atoms with van der Waals surface area (Å²) in [4.78, 5) is 29.6. The molecule has 2 aliphatic rings. The zero-order valence-electron chi connectivity index (χ0n) is 20.5. The van der Waals surface area contributed by atoms with Crippen LogP contribution in [0.15, 0.2) is 35.1 Å². The van der Waals surface area contributed by atoms with Gasteiger partial charge in [-0.25, -0.2) is 0 Å². The van der Waals surface area contributed by atoms with E-state index in [1.807, 2.05) is 32.0 Å². The summed E-state index contributed by atoms with van der Waals surface area (Å²) in [6.07, 6.45) is 9.13. The number of carbonyl (C=O) groups is 1. The number of H-pyrrole nitrogens is 1. The molecule has 1 saturated carbocycles. The number of unbranched alkanes of at least 4 members (excludes halogenated alkanes) is 1. The predicted octanol–water partition coefficient (Wildman–Crippen LogP) is 4.78. The molecule has 1 amide bonds. The zero-order valence-corrected chi connectivity index (χ0v) is 20.5. The van der Waals surface area contributed by atoms with Gasteiger partial charge in [0.2, 0.25) is 11.5 Å². The number of rotatable bonds is 9. The van der Waals surface area contributed by atoms with Gasteiger partial charge in [0.1, 0.15) is 11.9 Å². The molecule has 1 aliphatic heterocycles. The molecule has 7 nitrogen and oxygen atoms in total. The molecule has 186 valence electrons. The van der Waals surface area contributed by atoms with E-state index >= 15 is 0 Å². The monoisotopic (exact) mass is 470 g/mol. The maximum Gasteiger partial charge on any atom is 0.248 e. The minimum atomic E-state index is -0.571. The number of nitrogens with one attached hydrogen (secondary N) is 1. The molecule has 1 aromatic carbocycles. The van der Waals surface area contributed by atoms with E-state index in [1.54, 1.807) is 6.07 Å². The molecule has 0 spiro atoms. The highest BCUT2D eigenvalue weighted by Gasteiger charge is 2.36. The third-order valence-electron chi connectivity index (χ3n) is 6.80. The fraction of sp³-hybridized carbons (Fsp3) is 0.630. The topological polar surface area (TPSA) is 80.9 Å². The van der Waals surface area contributed by atoms with E-state index in [1.165, 1.54) is 31.7 Å². The zero-order chi connectivity index (χ0) is 24.0. The Kier molecular flexibility index (Phi) is 8.27. The van der Waals surface area contributed by atoms with E-state index in [4.69, 9.17) is 14.2 Å². The average molecular weight is 471 g/mol. The summed E-state index contributed by atoms with van der Waals surface area (Å²) in [5.74, 6) is 0.417. The first-order valence-corrected chi connectivity index (χ1v) is 12.8. The van der Waals surface area contributed by atoms with Crippen molar-refractivity contribution in [3.05, 3.63) is 40.7 Å². The Bertz CT molecular complexity index is 1010. The summed E-state index contributed by atoms with van der Waals surface area (Å²) in [5.41, 5.74) is 0.684. The van der Waals surface area contributed by atoms with Gasteiger partial charge in [0.05, 0.1) is 13.2 Å². The standard InChI is InChI=1S/C27H38N2O5/c1-27(2)33-19-23(34-27)18-29(21-9-5-3-4-6-10-21)26(31)11-7-8-16-32-22-13-14-24-20(17-22)12-15-25(30)28-24/h12-15,17,21,23H,3-11,16,18-19H2,1-2H3,(H,28,30). The van der Waals surface area contributed by atoms with Crippen LogP contribution in [0.1, 0.15) is 71.6 Å². The van der Waals surface area contributed by atoms with Crippen LogP contribution in [-0.2, 0) is 14.3 Å². The highest BCUT2D eigenvalue weighted by atomic mass is 16.7. The van der Waals surface area contributed by atoms with Gasteiger partial charge >= 0.3 is 0 Å². The minimum Gasteiger partial charge on any atom is -0.494 e. The fourth-order valence-electron chi connectivity index (χ4n) is 5.03.